The molecule has 0 saturated carbocycles. The van der Waals surface area contributed by atoms with E-state index in [4.69, 9.17) is 22.7 Å². The van der Waals surface area contributed by atoms with Gasteiger partial charge in [-0.15, -0.1) is 0 Å². The largest absolute Gasteiger partial charge is 0.389 e. The van der Waals surface area contributed by atoms with Gasteiger partial charge in [0, 0.05) is 5.56 Å². The number of ether oxygens (including phenoxy) is 1. The van der Waals surface area contributed by atoms with Crippen molar-refractivity contribution in [3.8, 4) is 0 Å². The van der Waals surface area contributed by atoms with Gasteiger partial charge in [0.25, 0.3) is 0 Å². The van der Waals surface area contributed by atoms with Crippen molar-refractivity contribution in [2.24, 2.45) is 5.73 Å². The quantitative estimate of drug-likeness (QED) is 0.799. The van der Waals surface area contributed by atoms with Gasteiger partial charge in [0.2, 0.25) is 0 Å². The van der Waals surface area contributed by atoms with Crippen LogP contribution in [0, 0.1) is 0 Å². The Kier molecular flexibility index (Phi) is 4.44. The highest BCUT2D eigenvalue weighted by molar-refractivity contribution is 7.80. The molecule has 0 unspecified atom stereocenters. The van der Waals surface area contributed by atoms with E-state index in [-0.39, 0.29) is 5.60 Å². The van der Waals surface area contributed by atoms with E-state index in [1.165, 1.54) is 0 Å². The number of rotatable bonds is 5. The molecule has 0 amide bonds. The molecule has 1 aromatic carbocycles. The minimum atomic E-state index is -0.108. The molecule has 1 aromatic rings. The molecule has 0 fully saturated rings. The Hall–Kier alpha value is -0.930. The highest BCUT2D eigenvalue weighted by Gasteiger charge is 2.16. The molecule has 0 spiro atoms. The second kappa shape index (κ2) is 5.41. The Bertz CT molecular complexity index is 374. The molecule has 3 heteroatoms. The van der Waals surface area contributed by atoms with Crippen molar-refractivity contribution in [3.63, 3.8) is 0 Å². The smallest absolute Gasteiger partial charge is 0.104 e. The monoisotopic (exact) mass is 237 g/mol. The topological polar surface area (TPSA) is 35.2 Å². The van der Waals surface area contributed by atoms with E-state index in [1.54, 1.807) is 0 Å². The summed E-state index contributed by atoms with van der Waals surface area (Å²) >= 11 is 5.01. The van der Waals surface area contributed by atoms with Crippen molar-refractivity contribution in [2.75, 3.05) is 0 Å². The predicted molar refractivity (Wildman–Crippen MR) is 71.5 cm³/mol. The highest BCUT2D eigenvalue weighted by Crippen LogP contribution is 2.18. The molecule has 0 saturated heterocycles. The van der Waals surface area contributed by atoms with E-state index in [0.29, 0.717) is 11.6 Å². The molecule has 2 nitrogen and oxygen atoms in total. The van der Waals surface area contributed by atoms with Gasteiger partial charge in [-0.3, -0.25) is 0 Å². The molecule has 0 bridgehead atoms. The Morgan fingerprint density at radius 1 is 1.38 bits per heavy atom. The van der Waals surface area contributed by atoms with Crippen LogP contribution in [0.2, 0.25) is 0 Å². The lowest BCUT2D eigenvalue weighted by Gasteiger charge is -2.24. The molecule has 2 N–H and O–H groups in total. The normalized spacial score (nSPS) is 11.4. The molecular weight excluding hydrogens is 218 g/mol. The van der Waals surface area contributed by atoms with Gasteiger partial charge in [0.15, 0.2) is 0 Å². The lowest BCUT2D eigenvalue weighted by atomic mass is 10.1. The third kappa shape index (κ3) is 3.58. The third-order valence-electron chi connectivity index (χ3n) is 2.75. The summed E-state index contributed by atoms with van der Waals surface area (Å²) in [6.07, 6.45) is 0.974. The van der Waals surface area contributed by atoms with Gasteiger partial charge in [0.1, 0.15) is 4.99 Å². The lowest BCUT2D eigenvalue weighted by molar-refractivity contribution is -0.0316. The summed E-state index contributed by atoms with van der Waals surface area (Å²) in [7, 11) is 0. The van der Waals surface area contributed by atoms with Gasteiger partial charge in [0.05, 0.1) is 12.2 Å². The number of hydrogen-bond acceptors (Lipinski definition) is 2. The Labute approximate surface area is 103 Å². The fourth-order valence-corrected chi connectivity index (χ4v) is 1.46. The third-order valence-corrected chi connectivity index (χ3v) is 2.97. The number of benzene rings is 1. The molecule has 0 radical (unpaired) electrons. The van der Waals surface area contributed by atoms with E-state index in [2.05, 4.69) is 20.8 Å². The second-order valence-electron chi connectivity index (χ2n) is 4.42. The molecule has 88 valence electrons. The van der Waals surface area contributed by atoms with Crippen LogP contribution in [0.3, 0.4) is 0 Å². The SMILES string of the molecule is CCC(C)(C)OCc1ccccc1C(N)=S. The van der Waals surface area contributed by atoms with Crippen molar-refractivity contribution in [1.29, 1.82) is 0 Å². The molecule has 0 aromatic heterocycles. The number of thiocarbonyl (C=S) groups is 1. The van der Waals surface area contributed by atoms with Crippen LogP contribution in [0.25, 0.3) is 0 Å². The van der Waals surface area contributed by atoms with E-state index >= 15 is 0 Å². The van der Waals surface area contributed by atoms with Crippen LogP contribution in [0.1, 0.15) is 38.3 Å². The maximum absolute atomic E-state index is 5.84. The molecule has 1 rings (SSSR count). The molecule has 0 aliphatic rings. The van der Waals surface area contributed by atoms with Gasteiger partial charge in [-0.05, 0) is 25.8 Å². The van der Waals surface area contributed by atoms with Gasteiger partial charge in [-0.2, -0.15) is 0 Å². The fourth-order valence-electron chi connectivity index (χ4n) is 1.26. The van der Waals surface area contributed by atoms with Gasteiger partial charge < -0.3 is 10.5 Å². The van der Waals surface area contributed by atoms with E-state index in [9.17, 15) is 0 Å². The Balaban J connectivity index is 2.78. The van der Waals surface area contributed by atoms with Gasteiger partial charge in [-0.25, -0.2) is 0 Å². The molecule has 0 atom stereocenters. The Morgan fingerprint density at radius 2 is 2.00 bits per heavy atom. The average molecular weight is 237 g/mol. The van der Waals surface area contributed by atoms with E-state index < -0.39 is 0 Å². The number of nitrogens with two attached hydrogens (primary N) is 1. The van der Waals surface area contributed by atoms with E-state index in [0.717, 1.165) is 17.5 Å². The summed E-state index contributed by atoms with van der Waals surface area (Å²) in [4.78, 5) is 0.425. The fraction of sp³-hybridized carbons (Fsp3) is 0.462. The summed E-state index contributed by atoms with van der Waals surface area (Å²) in [5, 5.41) is 0. The first kappa shape index (κ1) is 13.1. The van der Waals surface area contributed by atoms with Crippen molar-refractivity contribution in [1.82, 2.24) is 0 Å². The zero-order chi connectivity index (χ0) is 12.2. The van der Waals surface area contributed by atoms with Crippen molar-refractivity contribution in [2.45, 2.75) is 39.4 Å². The van der Waals surface area contributed by atoms with Crippen LogP contribution in [0.5, 0.6) is 0 Å². The van der Waals surface area contributed by atoms with E-state index in [1.807, 2.05) is 24.3 Å². The van der Waals surface area contributed by atoms with Crippen molar-refractivity contribution < 1.29 is 4.74 Å². The minimum absolute atomic E-state index is 0.108. The summed E-state index contributed by atoms with van der Waals surface area (Å²) < 4.78 is 5.84. The van der Waals surface area contributed by atoms with Crippen LogP contribution in [0.4, 0.5) is 0 Å². The van der Waals surface area contributed by atoms with Crippen molar-refractivity contribution in [3.05, 3.63) is 35.4 Å². The first-order chi connectivity index (χ1) is 7.46. The van der Waals surface area contributed by atoms with Crippen LogP contribution >= 0.6 is 12.2 Å². The Morgan fingerprint density at radius 3 is 2.56 bits per heavy atom. The molecule has 0 aliphatic carbocycles. The first-order valence-electron chi connectivity index (χ1n) is 5.48. The van der Waals surface area contributed by atoms with Crippen molar-refractivity contribution >= 4 is 17.2 Å². The average Bonchev–Trinajstić information content (AvgIpc) is 2.27. The molecular formula is C13H19NOS. The van der Waals surface area contributed by atoms with Gasteiger partial charge >= 0.3 is 0 Å². The number of hydrogen-bond donors (Lipinski definition) is 1. The van der Waals surface area contributed by atoms with Crippen LogP contribution in [-0.4, -0.2) is 10.6 Å². The molecule has 0 heterocycles. The van der Waals surface area contributed by atoms with Crippen LogP contribution in [-0.2, 0) is 11.3 Å². The molecule has 16 heavy (non-hydrogen) atoms. The minimum Gasteiger partial charge on any atom is -0.389 e. The highest BCUT2D eigenvalue weighted by atomic mass is 32.1. The standard InChI is InChI=1S/C13H19NOS/c1-4-13(2,3)15-9-10-7-5-6-8-11(10)12(14)16/h5-8H,4,9H2,1-3H3,(H2,14,16). The maximum Gasteiger partial charge on any atom is 0.104 e. The zero-order valence-corrected chi connectivity index (χ0v) is 10.9. The lowest BCUT2D eigenvalue weighted by Crippen LogP contribution is -2.23. The van der Waals surface area contributed by atoms with Crippen LogP contribution < -0.4 is 5.73 Å². The second-order valence-corrected chi connectivity index (χ2v) is 4.86. The summed E-state index contributed by atoms with van der Waals surface area (Å²) in [5.41, 5.74) is 7.51. The maximum atomic E-state index is 5.84. The summed E-state index contributed by atoms with van der Waals surface area (Å²) in [5.74, 6) is 0. The summed E-state index contributed by atoms with van der Waals surface area (Å²) in [6, 6.07) is 7.84. The van der Waals surface area contributed by atoms with Gasteiger partial charge in [-0.1, -0.05) is 43.4 Å². The zero-order valence-electron chi connectivity index (χ0n) is 10.1. The van der Waals surface area contributed by atoms with Crippen LogP contribution in [0.15, 0.2) is 24.3 Å². The molecule has 0 aliphatic heterocycles. The summed E-state index contributed by atoms with van der Waals surface area (Å²) in [6.45, 7) is 6.82. The predicted octanol–water partition coefficient (Wildman–Crippen LogP) is 3.03. The first-order valence-corrected chi connectivity index (χ1v) is 5.89.